The Kier molecular flexibility index (Phi) is 6.32. The van der Waals surface area contributed by atoms with Crippen molar-refractivity contribution in [2.75, 3.05) is 12.4 Å². The lowest BCUT2D eigenvalue weighted by Crippen LogP contribution is -2.12. The highest BCUT2D eigenvalue weighted by Crippen LogP contribution is 2.22. The number of esters is 1. The lowest BCUT2D eigenvalue weighted by atomic mass is 10.1. The molecule has 8 heteroatoms. The van der Waals surface area contributed by atoms with Gasteiger partial charge in [-0.1, -0.05) is 0 Å². The van der Waals surface area contributed by atoms with Gasteiger partial charge >= 0.3 is 11.6 Å². The third-order valence-corrected chi connectivity index (χ3v) is 5.83. The van der Waals surface area contributed by atoms with Crippen LogP contribution in [0.1, 0.15) is 39.3 Å². The highest BCUT2D eigenvalue weighted by molar-refractivity contribution is 6.05. The van der Waals surface area contributed by atoms with Gasteiger partial charge in [-0.05, 0) is 74.7 Å². The van der Waals surface area contributed by atoms with Gasteiger partial charge in [0, 0.05) is 40.9 Å². The minimum absolute atomic E-state index is 0.259. The van der Waals surface area contributed by atoms with Crippen LogP contribution in [0.3, 0.4) is 0 Å². The second-order valence-corrected chi connectivity index (χ2v) is 8.10. The maximum Gasteiger partial charge on any atom is 0.336 e. The number of benzene rings is 2. The zero-order valence-corrected chi connectivity index (χ0v) is 19.5. The van der Waals surface area contributed by atoms with Gasteiger partial charge in [-0.25, -0.2) is 9.48 Å². The summed E-state index contributed by atoms with van der Waals surface area (Å²) in [6.07, 6.45) is 0.844. The van der Waals surface area contributed by atoms with Crippen molar-refractivity contribution in [3.8, 4) is 5.69 Å². The zero-order chi connectivity index (χ0) is 24.4. The summed E-state index contributed by atoms with van der Waals surface area (Å²) in [6, 6.07) is 13.7. The molecule has 0 radical (unpaired) electrons. The quantitative estimate of drug-likeness (QED) is 0.341. The summed E-state index contributed by atoms with van der Waals surface area (Å²) >= 11 is 0. The Hall–Kier alpha value is -4.20. The van der Waals surface area contributed by atoms with Crippen LogP contribution in [0.5, 0.6) is 0 Å². The molecule has 0 aliphatic carbocycles. The number of aromatic nitrogens is 2. The Morgan fingerprint density at radius 2 is 1.79 bits per heavy atom. The van der Waals surface area contributed by atoms with E-state index in [0.717, 1.165) is 33.6 Å². The number of nitrogens with zero attached hydrogens (tertiary/aromatic N) is 2. The Morgan fingerprint density at radius 3 is 2.50 bits per heavy atom. The lowest BCUT2D eigenvalue weighted by molar-refractivity contribution is -0.140. The Balaban J connectivity index is 1.52. The Bertz CT molecular complexity index is 1450. The number of aryl methyl sites for hydroxylation is 2. The molecular formula is C26H25N3O5. The van der Waals surface area contributed by atoms with E-state index in [0.29, 0.717) is 29.7 Å². The van der Waals surface area contributed by atoms with Gasteiger partial charge in [-0.15, -0.1) is 0 Å². The predicted octanol–water partition coefficient (Wildman–Crippen LogP) is 4.26. The molecule has 4 aromatic rings. The number of amides is 1. The summed E-state index contributed by atoms with van der Waals surface area (Å²) in [7, 11) is 1.38. The van der Waals surface area contributed by atoms with Crippen molar-refractivity contribution in [1.29, 1.82) is 0 Å². The number of rotatable bonds is 6. The highest BCUT2D eigenvalue weighted by Gasteiger charge is 2.15. The van der Waals surface area contributed by atoms with Gasteiger partial charge in [0.1, 0.15) is 5.58 Å². The fourth-order valence-corrected chi connectivity index (χ4v) is 3.98. The molecule has 0 bridgehead atoms. The number of ether oxygens (including phenoxy) is 1. The van der Waals surface area contributed by atoms with Crippen LogP contribution in [0.25, 0.3) is 16.7 Å². The van der Waals surface area contributed by atoms with Crippen molar-refractivity contribution in [3.05, 3.63) is 87.0 Å². The van der Waals surface area contributed by atoms with E-state index >= 15 is 0 Å². The summed E-state index contributed by atoms with van der Waals surface area (Å²) in [5, 5.41) is 8.25. The molecule has 0 fully saturated rings. The normalized spacial score (nSPS) is 10.9. The SMILES string of the molecule is COC(=O)CCc1c(C)nn(-c2ccc(C(=O)Nc3ccc4c(C)cc(=O)oc4c3)cc2)c1C. The van der Waals surface area contributed by atoms with Crippen LogP contribution in [0.4, 0.5) is 5.69 Å². The zero-order valence-electron chi connectivity index (χ0n) is 19.5. The van der Waals surface area contributed by atoms with Crippen molar-refractivity contribution in [2.24, 2.45) is 0 Å². The number of hydrogen-bond acceptors (Lipinski definition) is 6. The van der Waals surface area contributed by atoms with Crippen LogP contribution in [0.2, 0.25) is 0 Å². The van der Waals surface area contributed by atoms with E-state index in [9.17, 15) is 14.4 Å². The second-order valence-electron chi connectivity index (χ2n) is 8.10. The first-order valence-corrected chi connectivity index (χ1v) is 10.8. The van der Waals surface area contributed by atoms with Crippen molar-refractivity contribution in [2.45, 2.75) is 33.6 Å². The van der Waals surface area contributed by atoms with Gasteiger partial charge in [0.25, 0.3) is 5.91 Å². The van der Waals surface area contributed by atoms with E-state index < -0.39 is 5.63 Å². The molecule has 0 unspecified atom stereocenters. The molecule has 1 amide bonds. The van der Waals surface area contributed by atoms with E-state index in [2.05, 4.69) is 10.4 Å². The van der Waals surface area contributed by atoms with Gasteiger partial charge in [-0.2, -0.15) is 5.10 Å². The first-order valence-electron chi connectivity index (χ1n) is 10.8. The van der Waals surface area contributed by atoms with E-state index in [-0.39, 0.29) is 11.9 Å². The Morgan fingerprint density at radius 1 is 1.06 bits per heavy atom. The summed E-state index contributed by atoms with van der Waals surface area (Å²) < 4.78 is 11.8. The van der Waals surface area contributed by atoms with Gasteiger partial charge in [0.2, 0.25) is 0 Å². The number of nitrogens with one attached hydrogen (secondary N) is 1. The molecule has 0 aliphatic rings. The predicted molar refractivity (Wildman–Crippen MR) is 129 cm³/mol. The lowest BCUT2D eigenvalue weighted by Gasteiger charge is -2.09. The maximum atomic E-state index is 12.8. The fraction of sp³-hybridized carbons (Fsp3) is 0.231. The molecule has 0 spiro atoms. The number of anilines is 1. The van der Waals surface area contributed by atoms with Crippen molar-refractivity contribution < 1.29 is 18.7 Å². The maximum absolute atomic E-state index is 12.8. The fourth-order valence-electron chi connectivity index (χ4n) is 3.98. The van der Waals surface area contributed by atoms with E-state index in [1.54, 1.807) is 28.9 Å². The van der Waals surface area contributed by atoms with Gasteiger partial charge in [-0.3, -0.25) is 9.59 Å². The van der Waals surface area contributed by atoms with Crippen LogP contribution < -0.4 is 10.9 Å². The molecular weight excluding hydrogens is 434 g/mol. The van der Waals surface area contributed by atoms with Crippen LogP contribution >= 0.6 is 0 Å². The monoisotopic (exact) mass is 459 g/mol. The average Bonchev–Trinajstić information content (AvgIpc) is 3.10. The van der Waals surface area contributed by atoms with E-state index in [4.69, 9.17) is 9.15 Å². The summed E-state index contributed by atoms with van der Waals surface area (Å²) in [5.74, 6) is -0.543. The third kappa shape index (κ3) is 4.61. The first-order chi connectivity index (χ1) is 16.3. The average molecular weight is 460 g/mol. The molecule has 2 aromatic carbocycles. The summed E-state index contributed by atoms with van der Waals surface area (Å²) in [4.78, 5) is 35.9. The first kappa shape index (κ1) is 23.0. The van der Waals surface area contributed by atoms with Crippen molar-refractivity contribution >= 4 is 28.5 Å². The largest absolute Gasteiger partial charge is 0.469 e. The van der Waals surface area contributed by atoms with Crippen LogP contribution in [-0.4, -0.2) is 28.8 Å². The Labute approximate surface area is 196 Å². The second kappa shape index (κ2) is 9.35. The molecule has 0 atom stereocenters. The van der Waals surface area contributed by atoms with E-state index in [1.165, 1.54) is 13.2 Å². The standard InChI is InChI=1S/C26H25N3O5/c1-15-13-25(31)34-23-14-19(7-10-21(15)23)27-26(32)18-5-8-20(9-6-18)29-17(3)22(16(2)28-29)11-12-24(30)33-4/h5-10,13-14H,11-12H2,1-4H3,(H,27,32). The molecule has 34 heavy (non-hydrogen) atoms. The number of methoxy groups -OCH3 is 1. The van der Waals surface area contributed by atoms with Crippen LogP contribution in [-0.2, 0) is 16.0 Å². The van der Waals surface area contributed by atoms with Crippen molar-refractivity contribution in [1.82, 2.24) is 9.78 Å². The van der Waals surface area contributed by atoms with Crippen LogP contribution in [0, 0.1) is 20.8 Å². The molecule has 4 rings (SSSR count). The topological polar surface area (TPSA) is 103 Å². The number of hydrogen-bond donors (Lipinski definition) is 1. The molecule has 2 heterocycles. The van der Waals surface area contributed by atoms with Crippen molar-refractivity contribution in [3.63, 3.8) is 0 Å². The molecule has 1 N–H and O–H groups in total. The van der Waals surface area contributed by atoms with Crippen LogP contribution in [0.15, 0.2) is 57.7 Å². The highest BCUT2D eigenvalue weighted by atomic mass is 16.5. The molecule has 0 saturated carbocycles. The number of fused-ring (bicyclic) bond motifs is 1. The molecule has 0 aliphatic heterocycles. The number of carbonyl (C=O) groups excluding carboxylic acids is 2. The third-order valence-electron chi connectivity index (χ3n) is 5.83. The minimum atomic E-state index is -0.429. The van der Waals surface area contributed by atoms with Gasteiger partial charge in [0.05, 0.1) is 18.5 Å². The van der Waals surface area contributed by atoms with Gasteiger partial charge < -0.3 is 14.5 Å². The van der Waals surface area contributed by atoms with E-state index in [1.807, 2.05) is 39.0 Å². The molecule has 174 valence electrons. The molecule has 8 nitrogen and oxygen atoms in total. The number of carbonyl (C=O) groups is 2. The minimum Gasteiger partial charge on any atom is -0.469 e. The summed E-state index contributed by atoms with van der Waals surface area (Å²) in [5.41, 5.74) is 5.42. The molecule has 2 aromatic heterocycles. The molecule has 0 saturated heterocycles. The smallest absolute Gasteiger partial charge is 0.336 e. The summed E-state index contributed by atoms with van der Waals surface area (Å²) in [6.45, 7) is 5.70. The van der Waals surface area contributed by atoms with Gasteiger partial charge in [0.15, 0.2) is 0 Å².